The van der Waals surface area contributed by atoms with Crippen LogP contribution in [0.2, 0.25) is 0 Å². The van der Waals surface area contributed by atoms with E-state index in [9.17, 15) is 14.4 Å². The van der Waals surface area contributed by atoms with Crippen LogP contribution in [0.1, 0.15) is 50.0 Å². The number of carbonyl (C=O) groups excluding carboxylic acids is 3. The number of benzene rings is 2. The van der Waals surface area contributed by atoms with Gasteiger partial charge in [-0.1, -0.05) is 42.5 Å². The Kier molecular flexibility index (Phi) is 7.50. The third-order valence-electron chi connectivity index (χ3n) is 4.63. The third kappa shape index (κ3) is 5.78. The lowest BCUT2D eigenvalue weighted by atomic mass is 10.1. The van der Waals surface area contributed by atoms with E-state index >= 15 is 0 Å². The second-order valence-electron chi connectivity index (χ2n) is 7.13. The van der Waals surface area contributed by atoms with E-state index < -0.39 is 0 Å². The zero-order chi connectivity index (χ0) is 20.7. The fraction of sp³-hybridized carbons (Fsp3) is 0.348. The summed E-state index contributed by atoms with van der Waals surface area (Å²) in [6.07, 6.45) is 0.217. The van der Waals surface area contributed by atoms with Gasteiger partial charge in [-0.3, -0.25) is 14.4 Å². The fourth-order valence-electron chi connectivity index (χ4n) is 3.05. The highest BCUT2D eigenvalue weighted by atomic mass is 16.2. The van der Waals surface area contributed by atoms with E-state index in [0.717, 1.165) is 5.56 Å². The molecule has 0 radical (unpaired) electrons. The minimum absolute atomic E-state index is 0.00664. The SMILES string of the molecule is CC(=O)c1cccc(N(CCC(=O)N(Cc2ccccc2)C(C)C)C(C)=O)c1. The topological polar surface area (TPSA) is 57.7 Å². The number of anilines is 1. The van der Waals surface area contributed by atoms with Crippen LogP contribution in [0, 0.1) is 0 Å². The first-order valence-corrected chi connectivity index (χ1v) is 9.52. The quantitative estimate of drug-likeness (QED) is 0.649. The van der Waals surface area contributed by atoms with Crippen LogP contribution < -0.4 is 4.90 Å². The average molecular weight is 380 g/mol. The van der Waals surface area contributed by atoms with Crippen LogP contribution in [0.5, 0.6) is 0 Å². The third-order valence-corrected chi connectivity index (χ3v) is 4.63. The highest BCUT2D eigenvalue weighted by Crippen LogP contribution is 2.18. The molecule has 0 aromatic heterocycles. The van der Waals surface area contributed by atoms with Crippen LogP contribution >= 0.6 is 0 Å². The van der Waals surface area contributed by atoms with Gasteiger partial charge in [0.15, 0.2) is 5.78 Å². The van der Waals surface area contributed by atoms with Crippen LogP contribution in [0.15, 0.2) is 54.6 Å². The summed E-state index contributed by atoms with van der Waals surface area (Å²) < 4.78 is 0. The molecule has 0 fully saturated rings. The number of rotatable bonds is 8. The molecule has 0 heterocycles. The summed E-state index contributed by atoms with van der Waals surface area (Å²) in [4.78, 5) is 40.0. The molecule has 2 rings (SSSR count). The summed E-state index contributed by atoms with van der Waals surface area (Å²) in [5.74, 6) is -0.226. The van der Waals surface area contributed by atoms with Crippen molar-refractivity contribution < 1.29 is 14.4 Å². The number of Topliss-reactive ketones (excluding diaryl/α,β-unsaturated/α-hetero) is 1. The Bertz CT molecular complexity index is 831. The van der Waals surface area contributed by atoms with Crippen molar-refractivity contribution in [1.29, 1.82) is 0 Å². The molecule has 0 aliphatic rings. The lowest BCUT2D eigenvalue weighted by Gasteiger charge is -2.28. The molecule has 148 valence electrons. The van der Waals surface area contributed by atoms with Crippen molar-refractivity contribution in [1.82, 2.24) is 4.90 Å². The molecule has 28 heavy (non-hydrogen) atoms. The number of carbonyl (C=O) groups is 3. The smallest absolute Gasteiger partial charge is 0.224 e. The van der Waals surface area contributed by atoms with Gasteiger partial charge in [0.1, 0.15) is 0 Å². The van der Waals surface area contributed by atoms with Crippen molar-refractivity contribution in [2.45, 2.75) is 46.7 Å². The molecule has 5 nitrogen and oxygen atoms in total. The summed E-state index contributed by atoms with van der Waals surface area (Å²) in [7, 11) is 0. The number of hydrogen-bond acceptors (Lipinski definition) is 3. The van der Waals surface area contributed by atoms with E-state index in [0.29, 0.717) is 17.8 Å². The first-order valence-electron chi connectivity index (χ1n) is 9.52. The molecule has 0 unspecified atom stereocenters. The predicted molar refractivity (Wildman–Crippen MR) is 111 cm³/mol. The van der Waals surface area contributed by atoms with Gasteiger partial charge in [0.25, 0.3) is 0 Å². The van der Waals surface area contributed by atoms with Crippen LogP contribution in [-0.2, 0) is 16.1 Å². The first-order chi connectivity index (χ1) is 13.3. The Balaban J connectivity index is 2.11. The molecule has 0 aliphatic heterocycles. The number of nitrogens with zero attached hydrogens (tertiary/aromatic N) is 2. The number of hydrogen-bond donors (Lipinski definition) is 0. The average Bonchev–Trinajstić information content (AvgIpc) is 2.66. The number of ketones is 1. The van der Waals surface area contributed by atoms with E-state index in [1.807, 2.05) is 49.1 Å². The van der Waals surface area contributed by atoms with E-state index in [4.69, 9.17) is 0 Å². The Morgan fingerprint density at radius 3 is 2.18 bits per heavy atom. The van der Waals surface area contributed by atoms with Gasteiger partial charge in [-0.05, 0) is 38.5 Å². The fourth-order valence-corrected chi connectivity index (χ4v) is 3.05. The van der Waals surface area contributed by atoms with Gasteiger partial charge in [-0.2, -0.15) is 0 Å². The maximum absolute atomic E-state index is 12.9. The molecule has 0 N–H and O–H groups in total. The van der Waals surface area contributed by atoms with Gasteiger partial charge in [0.2, 0.25) is 11.8 Å². The zero-order valence-electron chi connectivity index (χ0n) is 17.0. The van der Waals surface area contributed by atoms with Gasteiger partial charge in [0.05, 0.1) is 0 Å². The molecule has 0 bridgehead atoms. The van der Waals surface area contributed by atoms with Crippen molar-refractivity contribution in [2.75, 3.05) is 11.4 Å². The predicted octanol–water partition coefficient (Wildman–Crippen LogP) is 4.07. The highest BCUT2D eigenvalue weighted by Gasteiger charge is 2.20. The Morgan fingerprint density at radius 1 is 0.929 bits per heavy atom. The molecular formula is C23H28N2O3. The summed E-state index contributed by atoms with van der Waals surface area (Å²) in [6, 6.07) is 16.9. The lowest BCUT2D eigenvalue weighted by Crippen LogP contribution is -2.39. The normalized spacial score (nSPS) is 10.6. The molecule has 0 saturated heterocycles. The van der Waals surface area contributed by atoms with Crippen molar-refractivity contribution in [3.05, 3.63) is 65.7 Å². The van der Waals surface area contributed by atoms with Gasteiger partial charge >= 0.3 is 0 Å². The summed E-state index contributed by atoms with van der Waals surface area (Å²) in [6.45, 7) is 7.74. The summed E-state index contributed by atoms with van der Waals surface area (Å²) in [5, 5.41) is 0. The minimum atomic E-state index is -0.160. The van der Waals surface area contributed by atoms with Crippen molar-refractivity contribution in [2.24, 2.45) is 0 Å². The van der Waals surface area contributed by atoms with Crippen LogP contribution in [0.4, 0.5) is 5.69 Å². The first kappa shape index (κ1) is 21.4. The lowest BCUT2D eigenvalue weighted by molar-refractivity contribution is -0.133. The van der Waals surface area contributed by atoms with Gasteiger partial charge in [-0.15, -0.1) is 0 Å². The zero-order valence-corrected chi connectivity index (χ0v) is 17.0. The van der Waals surface area contributed by atoms with Crippen LogP contribution in [0.3, 0.4) is 0 Å². The molecule has 2 aromatic rings. The molecule has 0 saturated carbocycles. The molecular weight excluding hydrogens is 352 g/mol. The maximum Gasteiger partial charge on any atom is 0.224 e. The van der Waals surface area contributed by atoms with Crippen LogP contribution in [0.25, 0.3) is 0 Å². The molecule has 2 amide bonds. The molecule has 0 spiro atoms. The maximum atomic E-state index is 12.9. The van der Waals surface area contributed by atoms with E-state index in [1.165, 1.54) is 13.8 Å². The monoisotopic (exact) mass is 380 g/mol. The molecule has 5 heteroatoms. The van der Waals surface area contributed by atoms with Gasteiger partial charge in [0, 0.05) is 43.7 Å². The Labute approximate surface area is 167 Å². The second kappa shape index (κ2) is 9.83. The summed E-state index contributed by atoms with van der Waals surface area (Å²) >= 11 is 0. The number of amides is 2. The standard InChI is InChI=1S/C23H28N2O3/c1-17(2)25(16-20-9-6-5-7-10-20)23(28)13-14-24(19(4)27)22-12-8-11-21(15-22)18(3)26/h5-12,15,17H,13-14,16H2,1-4H3. The molecule has 2 aromatic carbocycles. The minimum Gasteiger partial charge on any atom is -0.336 e. The van der Waals surface area contributed by atoms with E-state index in [-0.39, 0.29) is 36.6 Å². The van der Waals surface area contributed by atoms with E-state index in [1.54, 1.807) is 29.2 Å². The Hall–Kier alpha value is -2.95. The van der Waals surface area contributed by atoms with Crippen molar-refractivity contribution >= 4 is 23.3 Å². The van der Waals surface area contributed by atoms with Gasteiger partial charge in [-0.25, -0.2) is 0 Å². The van der Waals surface area contributed by atoms with Crippen LogP contribution in [-0.4, -0.2) is 35.1 Å². The van der Waals surface area contributed by atoms with Crippen molar-refractivity contribution in [3.63, 3.8) is 0 Å². The highest BCUT2D eigenvalue weighted by molar-refractivity contribution is 5.97. The molecule has 0 aliphatic carbocycles. The van der Waals surface area contributed by atoms with E-state index in [2.05, 4.69) is 0 Å². The summed E-state index contributed by atoms with van der Waals surface area (Å²) in [5.41, 5.74) is 2.25. The largest absolute Gasteiger partial charge is 0.336 e. The van der Waals surface area contributed by atoms with Gasteiger partial charge < -0.3 is 9.80 Å². The molecule has 0 atom stereocenters. The van der Waals surface area contributed by atoms with Crippen molar-refractivity contribution in [3.8, 4) is 0 Å². The Morgan fingerprint density at radius 2 is 1.61 bits per heavy atom. The second-order valence-corrected chi connectivity index (χ2v) is 7.13.